The van der Waals surface area contributed by atoms with E-state index in [1.165, 1.54) is 11.3 Å². The Balaban J connectivity index is 2.22. The molecule has 0 radical (unpaired) electrons. The zero-order chi connectivity index (χ0) is 12.3. The minimum Gasteiger partial charge on any atom is -0.486 e. The summed E-state index contributed by atoms with van der Waals surface area (Å²) in [5.74, 6) is 1.70. The van der Waals surface area contributed by atoms with Gasteiger partial charge in [-0.15, -0.1) is 0 Å². The predicted octanol–water partition coefficient (Wildman–Crippen LogP) is 1.55. The maximum Gasteiger partial charge on any atom is 0.163 e. The molecule has 94 valence electrons. The molecule has 1 aromatic rings. The Hall–Kier alpha value is -1.42. The van der Waals surface area contributed by atoms with Gasteiger partial charge in [0.25, 0.3) is 0 Å². The highest BCUT2D eigenvalue weighted by Crippen LogP contribution is 2.36. The second-order valence-electron chi connectivity index (χ2n) is 4.35. The largest absolute Gasteiger partial charge is 0.486 e. The smallest absolute Gasteiger partial charge is 0.163 e. The number of rotatable bonds is 4. The predicted molar refractivity (Wildman–Crippen MR) is 69.1 cm³/mol. The van der Waals surface area contributed by atoms with Gasteiger partial charge < -0.3 is 20.1 Å². The van der Waals surface area contributed by atoms with Crippen LogP contribution >= 0.6 is 0 Å². The molecule has 0 saturated carbocycles. The van der Waals surface area contributed by atoms with Crippen LogP contribution in [0.2, 0.25) is 0 Å². The van der Waals surface area contributed by atoms with Gasteiger partial charge in [0.05, 0.1) is 0 Å². The van der Waals surface area contributed by atoms with Crippen molar-refractivity contribution in [2.24, 2.45) is 5.73 Å². The van der Waals surface area contributed by atoms with E-state index in [4.69, 9.17) is 15.2 Å². The molecule has 4 heteroatoms. The molecule has 0 saturated heterocycles. The van der Waals surface area contributed by atoms with Crippen LogP contribution < -0.4 is 20.1 Å². The van der Waals surface area contributed by atoms with E-state index in [1.807, 2.05) is 6.07 Å². The Morgan fingerprint density at radius 1 is 1.24 bits per heavy atom. The van der Waals surface area contributed by atoms with Gasteiger partial charge >= 0.3 is 0 Å². The van der Waals surface area contributed by atoms with E-state index >= 15 is 0 Å². The van der Waals surface area contributed by atoms with E-state index in [2.05, 4.69) is 24.9 Å². The van der Waals surface area contributed by atoms with Crippen LogP contribution in [0.5, 0.6) is 11.5 Å². The van der Waals surface area contributed by atoms with Gasteiger partial charge in [0, 0.05) is 25.3 Å². The number of anilines is 1. The summed E-state index contributed by atoms with van der Waals surface area (Å²) in [6.07, 6.45) is 0.990. The molecule has 1 aromatic carbocycles. The molecule has 0 fully saturated rings. The van der Waals surface area contributed by atoms with Crippen molar-refractivity contribution in [2.75, 3.05) is 38.3 Å². The third kappa shape index (κ3) is 2.64. The molecule has 0 spiro atoms. The van der Waals surface area contributed by atoms with Gasteiger partial charge in [-0.25, -0.2) is 0 Å². The van der Waals surface area contributed by atoms with E-state index in [9.17, 15) is 0 Å². The zero-order valence-corrected chi connectivity index (χ0v) is 10.5. The van der Waals surface area contributed by atoms with Crippen LogP contribution in [0, 0.1) is 6.92 Å². The van der Waals surface area contributed by atoms with Crippen molar-refractivity contribution < 1.29 is 9.47 Å². The van der Waals surface area contributed by atoms with Gasteiger partial charge in [-0.05, 0) is 31.5 Å². The standard InChI is InChI=1S/C13H20N2O2/c1-10-8-12-13(17-7-6-16-12)9-11(10)15(2)5-3-4-14/h8-9H,3-7,14H2,1-2H3. The van der Waals surface area contributed by atoms with Crippen LogP contribution in [0.1, 0.15) is 12.0 Å². The molecule has 2 rings (SSSR count). The number of ether oxygens (including phenoxy) is 2. The fraction of sp³-hybridized carbons (Fsp3) is 0.538. The number of aryl methyl sites for hydroxylation is 1. The van der Waals surface area contributed by atoms with Crippen molar-refractivity contribution in [3.05, 3.63) is 17.7 Å². The lowest BCUT2D eigenvalue weighted by Crippen LogP contribution is -2.22. The lowest BCUT2D eigenvalue weighted by atomic mass is 10.1. The Bertz CT molecular complexity index is 393. The fourth-order valence-electron chi connectivity index (χ4n) is 2.04. The summed E-state index contributed by atoms with van der Waals surface area (Å²) >= 11 is 0. The summed E-state index contributed by atoms with van der Waals surface area (Å²) in [5.41, 5.74) is 7.92. The lowest BCUT2D eigenvalue weighted by Gasteiger charge is -2.25. The Morgan fingerprint density at radius 2 is 1.88 bits per heavy atom. The normalized spacial score (nSPS) is 13.6. The Morgan fingerprint density at radius 3 is 2.53 bits per heavy atom. The quantitative estimate of drug-likeness (QED) is 0.861. The SMILES string of the molecule is Cc1cc2c(cc1N(C)CCCN)OCCO2. The van der Waals surface area contributed by atoms with Crippen molar-refractivity contribution >= 4 is 5.69 Å². The molecule has 0 amide bonds. The van der Waals surface area contributed by atoms with Gasteiger partial charge in [-0.3, -0.25) is 0 Å². The minimum atomic E-state index is 0.627. The number of nitrogens with zero attached hydrogens (tertiary/aromatic N) is 1. The number of hydrogen-bond donors (Lipinski definition) is 1. The van der Waals surface area contributed by atoms with Gasteiger partial charge in [-0.1, -0.05) is 0 Å². The van der Waals surface area contributed by atoms with E-state index in [1.54, 1.807) is 0 Å². The Kier molecular flexibility index (Phi) is 3.74. The van der Waals surface area contributed by atoms with E-state index in [0.717, 1.165) is 24.5 Å². The molecule has 0 bridgehead atoms. The summed E-state index contributed by atoms with van der Waals surface area (Å²) < 4.78 is 11.2. The lowest BCUT2D eigenvalue weighted by molar-refractivity contribution is 0.171. The monoisotopic (exact) mass is 236 g/mol. The second kappa shape index (κ2) is 5.27. The van der Waals surface area contributed by atoms with E-state index < -0.39 is 0 Å². The van der Waals surface area contributed by atoms with Crippen molar-refractivity contribution in [2.45, 2.75) is 13.3 Å². The van der Waals surface area contributed by atoms with Gasteiger partial charge in [0.15, 0.2) is 11.5 Å². The molecule has 1 heterocycles. The third-order valence-corrected chi connectivity index (χ3v) is 2.97. The number of hydrogen-bond acceptors (Lipinski definition) is 4. The van der Waals surface area contributed by atoms with Gasteiger partial charge in [-0.2, -0.15) is 0 Å². The highest BCUT2D eigenvalue weighted by molar-refractivity contribution is 5.61. The van der Waals surface area contributed by atoms with Gasteiger partial charge in [0.1, 0.15) is 13.2 Å². The molecule has 1 aliphatic rings. The van der Waals surface area contributed by atoms with Crippen LogP contribution in [-0.4, -0.2) is 33.4 Å². The van der Waals surface area contributed by atoms with Crippen molar-refractivity contribution in [1.29, 1.82) is 0 Å². The van der Waals surface area contributed by atoms with E-state index in [-0.39, 0.29) is 0 Å². The average molecular weight is 236 g/mol. The van der Waals surface area contributed by atoms with Crippen LogP contribution in [0.15, 0.2) is 12.1 Å². The Labute approximate surface area is 102 Å². The molecule has 1 aliphatic heterocycles. The first-order valence-electron chi connectivity index (χ1n) is 6.04. The topological polar surface area (TPSA) is 47.7 Å². The van der Waals surface area contributed by atoms with Crippen LogP contribution in [0.4, 0.5) is 5.69 Å². The highest BCUT2D eigenvalue weighted by atomic mass is 16.6. The zero-order valence-electron chi connectivity index (χ0n) is 10.5. The molecule has 2 N–H and O–H groups in total. The number of fused-ring (bicyclic) bond motifs is 1. The van der Waals surface area contributed by atoms with Crippen LogP contribution in [-0.2, 0) is 0 Å². The number of nitrogens with two attached hydrogens (primary N) is 1. The minimum absolute atomic E-state index is 0.627. The van der Waals surface area contributed by atoms with E-state index in [0.29, 0.717) is 19.8 Å². The third-order valence-electron chi connectivity index (χ3n) is 2.97. The van der Waals surface area contributed by atoms with Gasteiger partial charge in [0.2, 0.25) is 0 Å². The first-order chi connectivity index (χ1) is 8.22. The fourth-order valence-corrected chi connectivity index (χ4v) is 2.04. The molecular formula is C13H20N2O2. The molecule has 0 atom stereocenters. The maximum atomic E-state index is 5.60. The maximum absolute atomic E-state index is 5.60. The molecule has 4 nitrogen and oxygen atoms in total. The van der Waals surface area contributed by atoms with Crippen molar-refractivity contribution in [3.8, 4) is 11.5 Å². The summed E-state index contributed by atoms with van der Waals surface area (Å²) in [4.78, 5) is 2.21. The summed E-state index contributed by atoms with van der Waals surface area (Å²) in [7, 11) is 2.08. The van der Waals surface area contributed by atoms with Crippen molar-refractivity contribution in [1.82, 2.24) is 0 Å². The summed E-state index contributed by atoms with van der Waals surface area (Å²) in [6.45, 7) is 5.02. The molecule has 0 aromatic heterocycles. The van der Waals surface area contributed by atoms with Crippen LogP contribution in [0.3, 0.4) is 0 Å². The second-order valence-corrected chi connectivity index (χ2v) is 4.35. The molecule has 0 unspecified atom stereocenters. The number of benzene rings is 1. The summed E-state index contributed by atoms with van der Waals surface area (Å²) in [5, 5.41) is 0. The molecule has 17 heavy (non-hydrogen) atoms. The van der Waals surface area contributed by atoms with Crippen LogP contribution in [0.25, 0.3) is 0 Å². The summed E-state index contributed by atoms with van der Waals surface area (Å²) in [6, 6.07) is 4.10. The first kappa shape index (κ1) is 12.0. The first-order valence-corrected chi connectivity index (χ1v) is 6.04. The molecular weight excluding hydrogens is 216 g/mol. The average Bonchev–Trinajstić information content (AvgIpc) is 2.35. The molecule has 0 aliphatic carbocycles. The highest BCUT2D eigenvalue weighted by Gasteiger charge is 2.15. The van der Waals surface area contributed by atoms with Crippen molar-refractivity contribution in [3.63, 3.8) is 0 Å².